The molecule has 5 heteroatoms. The van der Waals surface area contributed by atoms with Crippen molar-refractivity contribution in [3.8, 4) is 0 Å². The summed E-state index contributed by atoms with van der Waals surface area (Å²) in [4.78, 5) is 26.7. The minimum absolute atomic E-state index is 0.00444. The van der Waals surface area contributed by atoms with Crippen molar-refractivity contribution >= 4 is 23.6 Å². The van der Waals surface area contributed by atoms with Gasteiger partial charge in [-0.05, 0) is 31.9 Å². The molecule has 1 N–H and O–H groups in total. The molecule has 2 saturated heterocycles. The number of nitrogens with one attached hydrogen (secondary N) is 1. The molecular formula is C13H22N2O2S. The van der Waals surface area contributed by atoms with Crippen molar-refractivity contribution in [3.05, 3.63) is 0 Å². The van der Waals surface area contributed by atoms with Gasteiger partial charge in [0.25, 0.3) is 0 Å². The standard InChI is InChI=1S/C13H22N2O2S/c1-4-13(5-2)12(17)15(9(3)11(16)14-13)10-6-7-18-8-10/h9-10H,4-8H2,1-3H3,(H,14,16). The molecule has 0 radical (unpaired) electrons. The fourth-order valence-electron chi connectivity index (χ4n) is 2.90. The third-order valence-electron chi connectivity index (χ3n) is 4.31. The van der Waals surface area contributed by atoms with E-state index in [-0.39, 0.29) is 23.9 Å². The molecule has 0 aliphatic carbocycles. The Morgan fingerprint density at radius 3 is 2.56 bits per heavy atom. The second-order valence-electron chi connectivity index (χ2n) is 5.18. The van der Waals surface area contributed by atoms with E-state index in [1.54, 1.807) is 0 Å². The van der Waals surface area contributed by atoms with E-state index < -0.39 is 5.54 Å². The van der Waals surface area contributed by atoms with Gasteiger partial charge in [0.1, 0.15) is 11.6 Å². The van der Waals surface area contributed by atoms with E-state index in [9.17, 15) is 9.59 Å². The molecule has 2 unspecified atom stereocenters. The highest BCUT2D eigenvalue weighted by molar-refractivity contribution is 7.99. The van der Waals surface area contributed by atoms with Crippen molar-refractivity contribution in [2.45, 2.75) is 57.7 Å². The number of piperazine rings is 1. The molecular weight excluding hydrogens is 248 g/mol. The highest BCUT2D eigenvalue weighted by Crippen LogP contribution is 2.31. The van der Waals surface area contributed by atoms with E-state index in [0.29, 0.717) is 12.8 Å². The number of rotatable bonds is 3. The Hall–Kier alpha value is -0.710. The quantitative estimate of drug-likeness (QED) is 0.843. The van der Waals surface area contributed by atoms with Gasteiger partial charge in [-0.15, -0.1) is 0 Å². The number of carbonyl (C=O) groups excluding carboxylic acids is 2. The molecule has 102 valence electrons. The van der Waals surface area contributed by atoms with Crippen LogP contribution in [-0.2, 0) is 9.59 Å². The summed E-state index contributed by atoms with van der Waals surface area (Å²) < 4.78 is 0. The van der Waals surface area contributed by atoms with Crippen LogP contribution in [0.15, 0.2) is 0 Å². The summed E-state index contributed by atoms with van der Waals surface area (Å²) in [6.45, 7) is 5.78. The third kappa shape index (κ3) is 2.02. The molecule has 0 aromatic heterocycles. The van der Waals surface area contributed by atoms with Crippen LogP contribution < -0.4 is 5.32 Å². The van der Waals surface area contributed by atoms with Gasteiger partial charge in [-0.2, -0.15) is 11.8 Å². The Balaban J connectivity index is 2.30. The topological polar surface area (TPSA) is 49.4 Å². The molecule has 0 saturated carbocycles. The Morgan fingerprint density at radius 1 is 1.39 bits per heavy atom. The van der Waals surface area contributed by atoms with Crippen LogP contribution in [0.1, 0.15) is 40.0 Å². The first-order chi connectivity index (χ1) is 8.55. The van der Waals surface area contributed by atoms with E-state index >= 15 is 0 Å². The van der Waals surface area contributed by atoms with E-state index in [2.05, 4.69) is 5.32 Å². The SMILES string of the molecule is CCC1(CC)NC(=O)C(C)N(C2CCSC2)C1=O. The van der Waals surface area contributed by atoms with Crippen LogP contribution in [0.25, 0.3) is 0 Å². The van der Waals surface area contributed by atoms with Gasteiger partial charge in [0.2, 0.25) is 11.8 Å². The Labute approximate surface area is 113 Å². The average molecular weight is 270 g/mol. The monoisotopic (exact) mass is 270 g/mol. The first-order valence-electron chi connectivity index (χ1n) is 6.78. The van der Waals surface area contributed by atoms with Crippen molar-refractivity contribution in [2.24, 2.45) is 0 Å². The fraction of sp³-hybridized carbons (Fsp3) is 0.846. The molecule has 0 aromatic rings. The van der Waals surface area contributed by atoms with Crippen LogP contribution in [0.5, 0.6) is 0 Å². The zero-order valence-electron chi connectivity index (χ0n) is 11.4. The van der Waals surface area contributed by atoms with Gasteiger partial charge in [-0.3, -0.25) is 9.59 Å². The molecule has 2 rings (SSSR count). The van der Waals surface area contributed by atoms with Crippen LogP contribution in [0.3, 0.4) is 0 Å². The minimum Gasteiger partial charge on any atom is -0.340 e. The average Bonchev–Trinajstić information content (AvgIpc) is 2.88. The van der Waals surface area contributed by atoms with Gasteiger partial charge >= 0.3 is 0 Å². The summed E-state index contributed by atoms with van der Waals surface area (Å²) in [6, 6.07) is -0.0894. The van der Waals surface area contributed by atoms with Crippen LogP contribution in [0.2, 0.25) is 0 Å². The summed E-state index contributed by atoms with van der Waals surface area (Å²) >= 11 is 1.87. The predicted molar refractivity (Wildman–Crippen MR) is 73.5 cm³/mol. The summed E-state index contributed by atoms with van der Waals surface area (Å²) in [5.74, 6) is 2.17. The largest absolute Gasteiger partial charge is 0.340 e. The zero-order valence-corrected chi connectivity index (χ0v) is 12.2. The zero-order chi connectivity index (χ0) is 13.3. The molecule has 2 amide bonds. The van der Waals surface area contributed by atoms with Gasteiger partial charge in [-0.25, -0.2) is 0 Å². The molecule has 4 nitrogen and oxygen atoms in total. The fourth-order valence-corrected chi connectivity index (χ4v) is 4.10. The van der Waals surface area contributed by atoms with Crippen molar-refractivity contribution in [1.82, 2.24) is 10.2 Å². The van der Waals surface area contributed by atoms with Crippen molar-refractivity contribution < 1.29 is 9.59 Å². The number of nitrogens with zero attached hydrogens (tertiary/aromatic N) is 1. The van der Waals surface area contributed by atoms with Crippen molar-refractivity contribution in [2.75, 3.05) is 11.5 Å². The summed E-state index contributed by atoms with van der Waals surface area (Å²) in [7, 11) is 0. The maximum atomic E-state index is 12.8. The lowest BCUT2D eigenvalue weighted by molar-refractivity contribution is -0.157. The van der Waals surface area contributed by atoms with Gasteiger partial charge in [0.05, 0.1) is 0 Å². The highest BCUT2D eigenvalue weighted by atomic mass is 32.2. The number of thioether (sulfide) groups is 1. The van der Waals surface area contributed by atoms with Gasteiger partial charge in [0, 0.05) is 11.8 Å². The molecule has 2 atom stereocenters. The van der Waals surface area contributed by atoms with Crippen molar-refractivity contribution in [3.63, 3.8) is 0 Å². The Kier molecular flexibility index (Phi) is 3.90. The Morgan fingerprint density at radius 2 is 2.06 bits per heavy atom. The number of carbonyl (C=O) groups is 2. The van der Waals surface area contributed by atoms with Crippen LogP contribution in [0, 0.1) is 0 Å². The molecule has 2 heterocycles. The van der Waals surface area contributed by atoms with Gasteiger partial charge in [0.15, 0.2) is 0 Å². The van der Waals surface area contributed by atoms with Crippen LogP contribution in [-0.4, -0.2) is 45.8 Å². The second-order valence-corrected chi connectivity index (χ2v) is 6.33. The lowest BCUT2D eigenvalue weighted by Crippen LogP contribution is -2.71. The number of hydrogen-bond donors (Lipinski definition) is 1. The molecule has 2 aliphatic rings. The number of amides is 2. The smallest absolute Gasteiger partial charge is 0.249 e. The highest BCUT2D eigenvalue weighted by Gasteiger charge is 2.49. The molecule has 0 spiro atoms. The lowest BCUT2D eigenvalue weighted by Gasteiger charge is -2.46. The van der Waals surface area contributed by atoms with E-state index in [0.717, 1.165) is 17.9 Å². The van der Waals surface area contributed by atoms with Gasteiger partial charge < -0.3 is 10.2 Å². The number of hydrogen-bond acceptors (Lipinski definition) is 3. The maximum Gasteiger partial charge on any atom is 0.249 e. The van der Waals surface area contributed by atoms with E-state index in [1.807, 2.05) is 37.4 Å². The third-order valence-corrected chi connectivity index (χ3v) is 5.45. The van der Waals surface area contributed by atoms with Gasteiger partial charge in [-0.1, -0.05) is 13.8 Å². The Bertz CT molecular complexity index is 349. The molecule has 0 aromatic carbocycles. The molecule has 0 bridgehead atoms. The molecule has 2 fully saturated rings. The summed E-state index contributed by atoms with van der Waals surface area (Å²) in [6.07, 6.45) is 2.34. The minimum atomic E-state index is -0.670. The first kappa shape index (κ1) is 13.7. The van der Waals surface area contributed by atoms with E-state index in [4.69, 9.17) is 0 Å². The van der Waals surface area contributed by atoms with Crippen LogP contribution in [0.4, 0.5) is 0 Å². The predicted octanol–water partition coefficient (Wildman–Crippen LogP) is 1.40. The van der Waals surface area contributed by atoms with E-state index in [1.165, 1.54) is 0 Å². The second kappa shape index (κ2) is 5.11. The van der Waals surface area contributed by atoms with Crippen molar-refractivity contribution in [1.29, 1.82) is 0 Å². The first-order valence-corrected chi connectivity index (χ1v) is 7.93. The maximum absolute atomic E-state index is 12.8. The molecule has 18 heavy (non-hydrogen) atoms. The normalized spacial score (nSPS) is 31.6. The summed E-state index contributed by atoms with van der Waals surface area (Å²) in [5.41, 5.74) is -0.670. The summed E-state index contributed by atoms with van der Waals surface area (Å²) in [5, 5.41) is 2.95. The van der Waals surface area contributed by atoms with Crippen LogP contribution >= 0.6 is 11.8 Å². The molecule has 2 aliphatic heterocycles. The lowest BCUT2D eigenvalue weighted by atomic mass is 9.86.